The molecule has 0 amide bonds. The van der Waals surface area contributed by atoms with E-state index in [9.17, 15) is 30.6 Å². The Morgan fingerprint density at radius 1 is 0.923 bits per heavy atom. The molecule has 0 aromatic carbocycles. The van der Waals surface area contributed by atoms with Gasteiger partial charge in [0, 0.05) is 72.4 Å². The van der Waals surface area contributed by atoms with Gasteiger partial charge < -0.3 is 73.3 Å². The predicted octanol–water partition coefficient (Wildman–Crippen LogP) is 0.856. The zero-order chi connectivity index (χ0) is 39.0. The Bertz CT molecular complexity index is 1120. The SMILES string of the molecule is CC#CCC[C@H](O)[C@H](C[C@H](O)[C@@H](O)[C@]1(OC)O[C@H](C[C@H](COC)O[C@H]2C[C@](C)(O)[C@@H](O[C@H]3C[C@@H](OC)[C@H](O)[C@@H](C)O3)[C@H](C)O2)[C@H](C)[C@H](O)[C@H]1C)OC. The summed E-state index contributed by atoms with van der Waals surface area (Å²) in [5.74, 6) is 2.63. The standard InChI is InChI=1S/C37H66O15/c1-11-12-13-14-25(38)28(45-8)16-26(39)34(42)37(47-10)21(3)32(40)20(2)27(52-37)15-24(19-44-7)50-31-18-36(6,43)35(23(5)49-31)51-30-17-29(46-9)33(41)22(4)48-30/h20-35,38-43H,13-19H2,1-10H3/t20-,21+,22+,23-,24+,25-,26-,27+,28-,29+,30-,31-,32-,33+,34+,35-,36-,37+/m0/s1. The highest BCUT2D eigenvalue weighted by Crippen LogP contribution is 2.44. The third-order valence-corrected chi connectivity index (χ3v) is 11.1. The molecule has 15 nitrogen and oxygen atoms in total. The molecule has 304 valence electrons. The van der Waals surface area contributed by atoms with Gasteiger partial charge in [0.15, 0.2) is 12.6 Å². The number of ether oxygens (including phenoxy) is 9. The first kappa shape index (κ1) is 45.4. The van der Waals surface area contributed by atoms with Gasteiger partial charge in [-0.2, -0.15) is 0 Å². The quantitative estimate of drug-likeness (QED) is 0.108. The van der Waals surface area contributed by atoms with Crippen LogP contribution in [-0.4, -0.2) is 163 Å². The molecule has 3 saturated heterocycles. The molecule has 0 aromatic rings. The van der Waals surface area contributed by atoms with E-state index in [1.807, 2.05) is 6.92 Å². The first-order valence-electron chi connectivity index (χ1n) is 18.4. The molecule has 0 unspecified atom stereocenters. The second kappa shape index (κ2) is 20.2. The molecule has 3 heterocycles. The van der Waals surface area contributed by atoms with Gasteiger partial charge in [-0.15, -0.1) is 11.8 Å². The maximum absolute atomic E-state index is 11.6. The van der Waals surface area contributed by atoms with E-state index in [2.05, 4.69) is 11.8 Å². The van der Waals surface area contributed by atoms with E-state index in [0.717, 1.165) is 0 Å². The van der Waals surface area contributed by atoms with E-state index < -0.39 is 109 Å². The summed E-state index contributed by atoms with van der Waals surface area (Å²) in [6.45, 7) is 10.5. The third-order valence-electron chi connectivity index (χ3n) is 11.1. The van der Waals surface area contributed by atoms with Crippen molar-refractivity contribution in [1.29, 1.82) is 0 Å². The van der Waals surface area contributed by atoms with Gasteiger partial charge in [0.05, 0.1) is 67.1 Å². The van der Waals surface area contributed by atoms with Gasteiger partial charge in [-0.3, -0.25) is 0 Å². The molecular formula is C37H66O15. The van der Waals surface area contributed by atoms with Crippen LogP contribution in [0.25, 0.3) is 0 Å². The summed E-state index contributed by atoms with van der Waals surface area (Å²) in [6, 6.07) is 0. The normalized spacial score (nSPS) is 41.3. The molecule has 0 radical (unpaired) electrons. The second-order valence-corrected chi connectivity index (χ2v) is 14.9. The molecule has 0 aromatic heterocycles. The number of hydrogen-bond acceptors (Lipinski definition) is 15. The summed E-state index contributed by atoms with van der Waals surface area (Å²) in [7, 11) is 5.80. The van der Waals surface area contributed by atoms with Crippen molar-refractivity contribution in [2.24, 2.45) is 11.8 Å². The highest BCUT2D eigenvalue weighted by atomic mass is 16.7. The number of aliphatic hydroxyl groups excluding tert-OH is 5. The number of aliphatic hydroxyl groups is 6. The summed E-state index contributed by atoms with van der Waals surface area (Å²) in [6.07, 6.45) is -10.9. The average Bonchev–Trinajstić information content (AvgIpc) is 3.10. The van der Waals surface area contributed by atoms with Crippen LogP contribution < -0.4 is 0 Å². The van der Waals surface area contributed by atoms with Crippen LogP contribution in [0.15, 0.2) is 0 Å². The van der Waals surface area contributed by atoms with Crippen molar-refractivity contribution in [2.75, 3.05) is 35.0 Å². The van der Waals surface area contributed by atoms with Crippen molar-refractivity contribution in [3.05, 3.63) is 0 Å². The first-order chi connectivity index (χ1) is 24.5. The minimum Gasteiger partial charge on any atom is -0.392 e. The van der Waals surface area contributed by atoms with Crippen molar-refractivity contribution in [1.82, 2.24) is 0 Å². The summed E-state index contributed by atoms with van der Waals surface area (Å²) in [5, 5.41) is 66.9. The molecule has 15 heteroatoms. The van der Waals surface area contributed by atoms with Crippen LogP contribution in [-0.2, 0) is 42.6 Å². The number of hydrogen-bond donors (Lipinski definition) is 6. The van der Waals surface area contributed by atoms with Gasteiger partial charge in [-0.05, 0) is 34.1 Å². The van der Waals surface area contributed by atoms with Crippen molar-refractivity contribution in [3.8, 4) is 11.8 Å². The highest BCUT2D eigenvalue weighted by molar-refractivity contribution is 5.01. The Morgan fingerprint density at radius 2 is 1.60 bits per heavy atom. The Labute approximate surface area is 309 Å². The van der Waals surface area contributed by atoms with Crippen LogP contribution in [0.4, 0.5) is 0 Å². The van der Waals surface area contributed by atoms with Crippen LogP contribution in [0, 0.1) is 23.7 Å². The molecule has 6 N–H and O–H groups in total. The maximum Gasteiger partial charge on any atom is 0.202 e. The van der Waals surface area contributed by atoms with Gasteiger partial charge in [0.25, 0.3) is 0 Å². The van der Waals surface area contributed by atoms with Crippen LogP contribution in [0.3, 0.4) is 0 Å². The van der Waals surface area contributed by atoms with Crippen molar-refractivity contribution >= 4 is 0 Å². The van der Waals surface area contributed by atoms with Crippen LogP contribution in [0.2, 0.25) is 0 Å². The molecule has 52 heavy (non-hydrogen) atoms. The van der Waals surface area contributed by atoms with Crippen molar-refractivity contribution in [2.45, 2.75) is 177 Å². The third kappa shape index (κ3) is 10.8. The Balaban J connectivity index is 1.72. The number of methoxy groups -OCH3 is 4. The van der Waals surface area contributed by atoms with Crippen LogP contribution in [0.5, 0.6) is 0 Å². The lowest BCUT2D eigenvalue weighted by Gasteiger charge is -2.53. The Kier molecular flexibility index (Phi) is 17.6. The maximum atomic E-state index is 11.6. The zero-order valence-corrected chi connectivity index (χ0v) is 32.5. The minimum atomic E-state index is -1.83. The summed E-state index contributed by atoms with van der Waals surface area (Å²) < 4.78 is 53.3. The van der Waals surface area contributed by atoms with Gasteiger partial charge >= 0.3 is 0 Å². The molecule has 3 aliphatic rings. The smallest absolute Gasteiger partial charge is 0.202 e. The van der Waals surface area contributed by atoms with E-state index in [0.29, 0.717) is 12.8 Å². The largest absolute Gasteiger partial charge is 0.392 e. The molecule has 0 bridgehead atoms. The topological polar surface area (TPSA) is 204 Å². The lowest BCUT2D eigenvalue weighted by Crippen LogP contribution is -2.66. The van der Waals surface area contributed by atoms with E-state index in [1.54, 1.807) is 34.6 Å². The minimum absolute atomic E-state index is 0.0476. The molecule has 0 spiro atoms. The van der Waals surface area contributed by atoms with Gasteiger partial charge in [-0.25, -0.2) is 0 Å². The summed E-state index contributed by atoms with van der Waals surface area (Å²) >= 11 is 0. The van der Waals surface area contributed by atoms with Crippen LogP contribution >= 0.6 is 0 Å². The first-order valence-corrected chi connectivity index (χ1v) is 18.4. The summed E-state index contributed by atoms with van der Waals surface area (Å²) in [4.78, 5) is 0. The highest BCUT2D eigenvalue weighted by Gasteiger charge is 2.58. The van der Waals surface area contributed by atoms with E-state index >= 15 is 0 Å². The zero-order valence-electron chi connectivity index (χ0n) is 32.5. The Hall–Kier alpha value is -1.04. The van der Waals surface area contributed by atoms with Crippen molar-refractivity contribution in [3.63, 3.8) is 0 Å². The average molecular weight is 751 g/mol. The fourth-order valence-electron chi connectivity index (χ4n) is 7.87. The van der Waals surface area contributed by atoms with Crippen LogP contribution in [0.1, 0.15) is 80.1 Å². The second-order valence-electron chi connectivity index (χ2n) is 14.9. The molecule has 0 aliphatic carbocycles. The van der Waals surface area contributed by atoms with Gasteiger partial charge in [0.2, 0.25) is 5.79 Å². The van der Waals surface area contributed by atoms with E-state index in [1.165, 1.54) is 28.4 Å². The summed E-state index contributed by atoms with van der Waals surface area (Å²) in [5.41, 5.74) is -1.39. The fourth-order valence-corrected chi connectivity index (χ4v) is 7.87. The molecule has 3 fully saturated rings. The molecule has 0 saturated carbocycles. The molecule has 3 rings (SSSR count). The number of rotatable bonds is 18. The monoisotopic (exact) mass is 750 g/mol. The van der Waals surface area contributed by atoms with Crippen molar-refractivity contribution < 1.29 is 73.3 Å². The fraction of sp³-hybridized carbons (Fsp3) is 0.946. The molecule has 3 aliphatic heterocycles. The van der Waals surface area contributed by atoms with Gasteiger partial charge in [0.1, 0.15) is 18.3 Å². The van der Waals surface area contributed by atoms with Gasteiger partial charge in [-0.1, -0.05) is 13.8 Å². The van der Waals surface area contributed by atoms with E-state index in [-0.39, 0.29) is 32.3 Å². The molecular weight excluding hydrogens is 684 g/mol. The Morgan fingerprint density at radius 3 is 2.17 bits per heavy atom. The lowest BCUT2D eigenvalue weighted by atomic mass is 9.76. The molecule has 18 atom stereocenters. The lowest BCUT2D eigenvalue weighted by molar-refractivity contribution is -0.374. The predicted molar refractivity (Wildman–Crippen MR) is 187 cm³/mol. The van der Waals surface area contributed by atoms with E-state index in [4.69, 9.17) is 42.6 Å².